The standard InChI is InChI=1S/C9H10ClNO2/c1-6(12)11-9-7(10)4-3-5-8(9)13-2/h3-5H,1-2H3,(H,11,12). The molecule has 4 heteroatoms. The fourth-order valence-electron chi connectivity index (χ4n) is 0.972. The number of ether oxygens (including phenoxy) is 1. The summed E-state index contributed by atoms with van der Waals surface area (Å²) in [5.41, 5.74) is 0.513. The molecule has 0 unspecified atom stereocenters. The van der Waals surface area contributed by atoms with Gasteiger partial charge in [0.1, 0.15) is 11.4 Å². The summed E-state index contributed by atoms with van der Waals surface area (Å²) in [7, 11) is 1.52. The first-order valence-corrected chi connectivity index (χ1v) is 4.13. The van der Waals surface area contributed by atoms with E-state index in [0.717, 1.165) is 0 Å². The number of carbonyl (C=O) groups excluding carboxylic acids is 1. The smallest absolute Gasteiger partial charge is 0.221 e. The minimum absolute atomic E-state index is 0.175. The molecular formula is C9H10ClNO2. The van der Waals surface area contributed by atoms with E-state index in [1.54, 1.807) is 18.2 Å². The highest BCUT2D eigenvalue weighted by molar-refractivity contribution is 6.34. The predicted molar refractivity (Wildman–Crippen MR) is 52.3 cm³/mol. The number of nitrogens with one attached hydrogen (secondary N) is 1. The van der Waals surface area contributed by atoms with Gasteiger partial charge in [0.2, 0.25) is 5.91 Å². The first-order chi connectivity index (χ1) is 6.15. The Balaban J connectivity index is 3.07. The first-order valence-electron chi connectivity index (χ1n) is 3.75. The van der Waals surface area contributed by atoms with E-state index in [9.17, 15) is 4.79 Å². The van der Waals surface area contributed by atoms with E-state index in [-0.39, 0.29) is 5.91 Å². The van der Waals surface area contributed by atoms with Crippen molar-refractivity contribution in [3.8, 4) is 5.75 Å². The summed E-state index contributed by atoms with van der Waals surface area (Å²) < 4.78 is 5.03. The van der Waals surface area contributed by atoms with Crippen molar-refractivity contribution in [3.05, 3.63) is 23.2 Å². The summed E-state index contributed by atoms with van der Waals surface area (Å²) >= 11 is 5.86. The van der Waals surface area contributed by atoms with Crippen LogP contribution in [0.4, 0.5) is 5.69 Å². The number of anilines is 1. The Bertz CT molecular complexity index is 325. The molecule has 1 aromatic carbocycles. The van der Waals surface area contributed by atoms with Gasteiger partial charge in [-0.3, -0.25) is 4.79 Å². The number of amides is 1. The molecule has 0 spiro atoms. The summed E-state index contributed by atoms with van der Waals surface area (Å²) in [6.45, 7) is 1.42. The van der Waals surface area contributed by atoms with Gasteiger partial charge in [0.05, 0.1) is 12.1 Å². The Morgan fingerprint density at radius 3 is 2.77 bits per heavy atom. The van der Waals surface area contributed by atoms with Crippen molar-refractivity contribution in [3.63, 3.8) is 0 Å². The van der Waals surface area contributed by atoms with Crippen molar-refractivity contribution in [2.75, 3.05) is 12.4 Å². The van der Waals surface area contributed by atoms with Gasteiger partial charge in [-0.05, 0) is 12.1 Å². The molecule has 0 fully saturated rings. The van der Waals surface area contributed by atoms with Crippen LogP contribution >= 0.6 is 11.6 Å². The van der Waals surface area contributed by atoms with Crippen LogP contribution in [0.1, 0.15) is 6.92 Å². The van der Waals surface area contributed by atoms with Crippen LogP contribution in [0.25, 0.3) is 0 Å². The van der Waals surface area contributed by atoms with E-state index in [4.69, 9.17) is 16.3 Å². The maximum Gasteiger partial charge on any atom is 0.221 e. The number of hydrogen-bond donors (Lipinski definition) is 1. The van der Waals surface area contributed by atoms with Crippen LogP contribution in [0.2, 0.25) is 5.02 Å². The number of para-hydroxylation sites is 1. The van der Waals surface area contributed by atoms with Crippen LogP contribution in [-0.2, 0) is 4.79 Å². The lowest BCUT2D eigenvalue weighted by Gasteiger charge is -2.09. The molecule has 0 saturated carbocycles. The number of halogens is 1. The second-order valence-electron chi connectivity index (χ2n) is 2.50. The van der Waals surface area contributed by atoms with Crippen LogP contribution in [0.15, 0.2) is 18.2 Å². The number of hydrogen-bond acceptors (Lipinski definition) is 2. The lowest BCUT2D eigenvalue weighted by molar-refractivity contribution is -0.114. The largest absolute Gasteiger partial charge is 0.495 e. The molecule has 0 heterocycles. The van der Waals surface area contributed by atoms with Crippen molar-refractivity contribution in [1.29, 1.82) is 0 Å². The van der Waals surface area contributed by atoms with Gasteiger partial charge in [-0.15, -0.1) is 0 Å². The normalized spacial score (nSPS) is 9.46. The van der Waals surface area contributed by atoms with Crippen molar-refractivity contribution in [2.24, 2.45) is 0 Å². The Labute approximate surface area is 81.7 Å². The minimum atomic E-state index is -0.175. The van der Waals surface area contributed by atoms with Crippen LogP contribution in [0, 0.1) is 0 Å². The molecule has 0 saturated heterocycles. The van der Waals surface area contributed by atoms with E-state index in [1.165, 1.54) is 14.0 Å². The summed E-state index contributed by atoms with van der Waals surface area (Å²) in [6.07, 6.45) is 0. The SMILES string of the molecule is COc1cccc(Cl)c1NC(C)=O. The highest BCUT2D eigenvalue weighted by Crippen LogP contribution is 2.31. The van der Waals surface area contributed by atoms with E-state index in [2.05, 4.69) is 5.32 Å². The van der Waals surface area contributed by atoms with Gasteiger partial charge in [-0.2, -0.15) is 0 Å². The van der Waals surface area contributed by atoms with Gasteiger partial charge in [0, 0.05) is 6.92 Å². The average molecular weight is 200 g/mol. The molecule has 1 N–H and O–H groups in total. The molecule has 13 heavy (non-hydrogen) atoms. The van der Waals surface area contributed by atoms with Crippen molar-refractivity contribution in [2.45, 2.75) is 6.92 Å². The molecule has 1 rings (SSSR count). The monoisotopic (exact) mass is 199 g/mol. The number of benzene rings is 1. The van der Waals surface area contributed by atoms with Gasteiger partial charge in [0.15, 0.2) is 0 Å². The lowest BCUT2D eigenvalue weighted by atomic mass is 10.3. The van der Waals surface area contributed by atoms with Gasteiger partial charge < -0.3 is 10.1 Å². The number of methoxy groups -OCH3 is 1. The molecule has 0 aliphatic heterocycles. The highest BCUT2D eigenvalue weighted by atomic mass is 35.5. The van der Waals surface area contributed by atoms with E-state index < -0.39 is 0 Å². The number of carbonyl (C=O) groups is 1. The zero-order valence-electron chi connectivity index (χ0n) is 7.43. The topological polar surface area (TPSA) is 38.3 Å². The van der Waals surface area contributed by atoms with Gasteiger partial charge in [0.25, 0.3) is 0 Å². The van der Waals surface area contributed by atoms with Crippen LogP contribution in [0.5, 0.6) is 5.75 Å². The molecule has 3 nitrogen and oxygen atoms in total. The quantitative estimate of drug-likeness (QED) is 0.794. The molecule has 70 valence electrons. The Hall–Kier alpha value is -1.22. The summed E-state index contributed by atoms with van der Waals surface area (Å²) in [6, 6.07) is 5.18. The Morgan fingerprint density at radius 2 is 2.23 bits per heavy atom. The van der Waals surface area contributed by atoms with E-state index in [1.807, 2.05) is 0 Å². The zero-order valence-corrected chi connectivity index (χ0v) is 8.18. The molecule has 0 aliphatic carbocycles. The molecular weight excluding hydrogens is 190 g/mol. The van der Waals surface area contributed by atoms with E-state index >= 15 is 0 Å². The maximum atomic E-state index is 10.8. The van der Waals surface area contributed by atoms with Crippen molar-refractivity contribution < 1.29 is 9.53 Å². The molecule has 1 aromatic rings. The van der Waals surface area contributed by atoms with Gasteiger partial charge in [-0.1, -0.05) is 17.7 Å². The summed E-state index contributed by atoms with van der Waals surface area (Å²) in [5, 5.41) is 3.06. The van der Waals surface area contributed by atoms with Gasteiger partial charge >= 0.3 is 0 Å². The highest BCUT2D eigenvalue weighted by Gasteiger charge is 2.07. The van der Waals surface area contributed by atoms with Gasteiger partial charge in [-0.25, -0.2) is 0 Å². The first kappa shape index (κ1) is 9.86. The third kappa shape index (κ3) is 2.36. The molecule has 0 radical (unpaired) electrons. The van der Waals surface area contributed by atoms with E-state index in [0.29, 0.717) is 16.5 Å². The minimum Gasteiger partial charge on any atom is -0.495 e. The second kappa shape index (κ2) is 4.14. The second-order valence-corrected chi connectivity index (χ2v) is 2.91. The third-order valence-electron chi connectivity index (χ3n) is 1.50. The fraction of sp³-hybridized carbons (Fsp3) is 0.222. The molecule has 1 amide bonds. The Morgan fingerprint density at radius 1 is 1.54 bits per heavy atom. The zero-order chi connectivity index (χ0) is 9.84. The maximum absolute atomic E-state index is 10.8. The van der Waals surface area contributed by atoms with Crippen molar-refractivity contribution in [1.82, 2.24) is 0 Å². The lowest BCUT2D eigenvalue weighted by Crippen LogP contribution is -2.07. The number of rotatable bonds is 2. The summed E-state index contributed by atoms with van der Waals surface area (Å²) in [5.74, 6) is 0.383. The molecule has 0 bridgehead atoms. The molecule has 0 aliphatic rings. The van der Waals surface area contributed by atoms with Crippen LogP contribution < -0.4 is 10.1 Å². The fourth-order valence-corrected chi connectivity index (χ4v) is 1.18. The Kier molecular flexibility index (Phi) is 3.14. The third-order valence-corrected chi connectivity index (χ3v) is 1.81. The average Bonchev–Trinajstić information content (AvgIpc) is 2.08. The van der Waals surface area contributed by atoms with Crippen LogP contribution in [-0.4, -0.2) is 13.0 Å². The summed E-state index contributed by atoms with van der Waals surface area (Å²) in [4.78, 5) is 10.8. The molecule has 0 aromatic heterocycles. The predicted octanol–water partition coefficient (Wildman–Crippen LogP) is 2.31. The molecule has 0 atom stereocenters. The van der Waals surface area contributed by atoms with Crippen molar-refractivity contribution >= 4 is 23.2 Å². The van der Waals surface area contributed by atoms with Crippen LogP contribution in [0.3, 0.4) is 0 Å².